The van der Waals surface area contributed by atoms with Gasteiger partial charge in [-0.2, -0.15) is 23.1 Å². The second-order valence-corrected chi connectivity index (χ2v) is 13.1. The third-order valence-electron chi connectivity index (χ3n) is 9.10. The lowest BCUT2D eigenvalue weighted by atomic mass is 9.89. The zero-order valence-electron chi connectivity index (χ0n) is 33.2. The minimum Gasteiger partial charge on any atom is -0.388 e. The van der Waals surface area contributed by atoms with Crippen LogP contribution in [0.4, 0.5) is 24.9 Å². The van der Waals surface area contributed by atoms with Crippen molar-refractivity contribution in [1.82, 2.24) is 20.2 Å². The Morgan fingerprint density at radius 2 is 1.60 bits per heavy atom. The summed E-state index contributed by atoms with van der Waals surface area (Å²) in [6, 6.07) is 0.502. The van der Waals surface area contributed by atoms with E-state index in [2.05, 4.69) is 67.1 Å². The molecule has 1 aliphatic rings. The van der Waals surface area contributed by atoms with Gasteiger partial charge in [-0.1, -0.05) is 108 Å². The molecule has 1 aliphatic heterocycles. The molecule has 1 aromatic heterocycles. The van der Waals surface area contributed by atoms with Gasteiger partial charge < -0.3 is 21.3 Å². The molecule has 2 atom stereocenters. The predicted molar refractivity (Wildman–Crippen MR) is 206 cm³/mol. The lowest BCUT2D eigenvalue weighted by molar-refractivity contribution is -0.142. The van der Waals surface area contributed by atoms with E-state index in [0.717, 1.165) is 69.1 Å². The molecule has 290 valence electrons. The number of nitrogens with two attached hydrogens (primary N) is 1. The monoisotopic (exact) mass is 712 g/mol. The Labute approximate surface area is 303 Å². The first-order valence-corrected chi connectivity index (χ1v) is 19.7. The maximum Gasteiger partial charge on any atom is 0.421 e. The first-order chi connectivity index (χ1) is 23.9. The first-order valence-electron chi connectivity index (χ1n) is 19.7. The highest BCUT2D eigenvalue weighted by Gasteiger charge is 2.36. The Kier molecular flexibility index (Phi) is 25.4. The molecule has 11 heteroatoms. The Hall–Kier alpha value is -2.85. The average molecular weight is 712 g/mol. The molecule has 4 N–H and O–H groups in total. The van der Waals surface area contributed by atoms with Crippen molar-refractivity contribution in [2.45, 2.75) is 177 Å². The van der Waals surface area contributed by atoms with Crippen molar-refractivity contribution in [2.75, 3.05) is 18.4 Å². The van der Waals surface area contributed by atoms with Gasteiger partial charge >= 0.3 is 6.18 Å². The number of likely N-dealkylation sites (tertiary alicyclic amines) is 1. The van der Waals surface area contributed by atoms with Crippen LogP contribution >= 0.6 is 0 Å². The molecule has 0 aliphatic carbocycles. The van der Waals surface area contributed by atoms with E-state index in [0.29, 0.717) is 25.4 Å². The Balaban J connectivity index is 0.00000210. The van der Waals surface area contributed by atoms with Gasteiger partial charge in [-0.15, -0.1) is 0 Å². The van der Waals surface area contributed by atoms with Gasteiger partial charge in [-0.25, -0.2) is 4.98 Å². The Bertz CT molecular complexity index is 1100. The van der Waals surface area contributed by atoms with E-state index in [-0.39, 0.29) is 42.0 Å². The van der Waals surface area contributed by atoms with Crippen molar-refractivity contribution >= 4 is 23.5 Å². The summed E-state index contributed by atoms with van der Waals surface area (Å²) in [5.41, 5.74) is 5.98. The number of amides is 1. The van der Waals surface area contributed by atoms with Crippen molar-refractivity contribution in [3.05, 3.63) is 23.5 Å². The quantitative estimate of drug-likeness (QED) is 0.0706. The largest absolute Gasteiger partial charge is 0.421 e. The van der Waals surface area contributed by atoms with Crippen LogP contribution in [0, 0.1) is 11.8 Å². The lowest BCUT2D eigenvalue weighted by Gasteiger charge is -2.39. The van der Waals surface area contributed by atoms with Crippen LogP contribution < -0.4 is 16.4 Å². The number of hydrogen-bond acceptors (Lipinski definition) is 6. The number of carbonyl (C=O) groups excluding carboxylic acids is 1. The van der Waals surface area contributed by atoms with E-state index in [4.69, 9.17) is 5.73 Å². The molecule has 0 spiro atoms. The van der Waals surface area contributed by atoms with Crippen LogP contribution in [0.1, 0.15) is 165 Å². The van der Waals surface area contributed by atoms with Crippen molar-refractivity contribution in [3.63, 3.8) is 0 Å². The highest BCUT2D eigenvalue weighted by Crippen LogP contribution is 2.34. The van der Waals surface area contributed by atoms with Gasteiger partial charge in [0.2, 0.25) is 5.91 Å². The number of nitrogens with one attached hydrogen (secondary N) is 2. The van der Waals surface area contributed by atoms with Crippen LogP contribution in [-0.2, 0) is 11.0 Å². The van der Waals surface area contributed by atoms with E-state index in [1.165, 1.54) is 25.7 Å². The van der Waals surface area contributed by atoms with Gasteiger partial charge in [0.1, 0.15) is 17.2 Å². The molecule has 1 fully saturated rings. The van der Waals surface area contributed by atoms with Gasteiger partial charge in [0.15, 0.2) is 0 Å². The third kappa shape index (κ3) is 17.4. The fourth-order valence-corrected chi connectivity index (χ4v) is 6.30. The van der Waals surface area contributed by atoms with E-state index in [1.807, 2.05) is 38.8 Å². The molecular weight excluding hydrogens is 639 g/mol. The van der Waals surface area contributed by atoms with Gasteiger partial charge in [-0.3, -0.25) is 4.79 Å². The predicted octanol–water partition coefficient (Wildman–Crippen LogP) is 10.8. The second-order valence-electron chi connectivity index (χ2n) is 13.1. The number of hydrogen-bond donors (Lipinski definition) is 3. The number of piperidine rings is 1. The number of halogens is 3. The SMILES string of the molecule is CC.CCCC(C)CCC.CCCC(CCC)N/C=C(CC)\C(N)=N\c1ncc(C(F)(F)F)c(NCCCN2C(=O)C(CC)CCC2CC)n1. The van der Waals surface area contributed by atoms with E-state index < -0.39 is 11.7 Å². The standard InChI is InChI=1S/C29H48F3N7O.C8H18.C2H6/c1-6-12-22(13-7-2)35-18-21(9-4)25(33)37-28-36-19-24(29(30,31)32)26(38-28)34-16-11-17-39-23(10-5)15-14-20(8-3)27(39)40;1-4-6-8(3)7-5-2;1-2/h18-20,22-23,35H,6-17H2,1-5H3,(H3,33,34,36,37,38);8H,4-7H2,1-3H3;1-2H3/b21-18-;;. The number of aliphatic imine (C=N–C) groups is 1. The molecule has 1 saturated heterocycles. The minimum atomic E-state index is -4.63. The molecule has 0 radical (unpaired) electrons. The highest BCUT2D eigenvalue weighted by molar-refractivity contribution is 5.98. The maximum atomic E-state index is 13.7. The summed E-state index contributed by atoms with van der Waals surface area (Å²) in [7, 11) is 0. The molecule has 1 amide bonds. The number of carbonyl (C=O) groups is 1. The smallest absolute Gasteiger partial charge is 0.388 e. The van der Waals surface area contributed by atoms with Crippen molar-refractivity contribution in [2.24, 2.45) is 22.6 Å². The van der Waals surface area contributed by atoms with Gasteiger partial charge in [-0.05, 0) is 57.3 Å². The second kappa shape index (κ2) is 26.9. The van der Waals surface area contributed by atoms with Crippen LogP contribution in [0.15, 0.2) is 23.0 Å². The highest BCUT2D eigenvalue weighted by atomic mass is 19.4. The fourth-order valence-electron chi connectivity index (χ4n) is 6.30. The number of anilines is 1. The molecule has 0 bridgehead atoms. The molecule has 0 aromatic carbocycles. The lowest BCUT2D eigenvalue weighted by Crippen LogP contribution is -2.48. The molecule has 0 saturated carbocycles. The summed E-state index contributed by atoms with van der Waals surface area (Å²) in [6.07, 6.45) is 12.2. The number of nitrogens with zero attached hydrogens (tertiary/aromatic N) is 4. The molecule has 8 nitrogen and oxygen atoms in total. The Morgan fingerprint density at radius 3 is 2.10 bits per heavy atom. The van der Waals surface area contributed by atoms with Gasteiger partial charge in [0.25, 0.3) is 5.95 Å². The summed E-state index contributed by atoms with van der Waals surface area (Å²) in [6.45, 7) is 21.8. The third-order valence-corrected chi connectivity index (χ3v) is 9.10. The van der Waals surface area contributed by atoms with Crippen LogP contribution in [0.2, 0.25) is 0 Å². The minimum absolute atomic E-state index is 0.0294. The van der Waals surface area contributed by atoms with E-state index in [1.54, 1.807) is 0 Å². The average Bonchev–Trinajstić information content (AvgIpc) is 3.08. The van der Waals surface area contributed by atoms with Crippen molar-refractivity contribution in [3.8, 4) is 0 Å². The summed E-state index contributed by atoms with van der Waals surface area (Å²) >= 11 is 0. The number of amidine groups is 1. The van der Waals surface area contributed by atoms with Gasteiger partial charge in [0, 0.05) is 49.1 Å². The van der Waals surface area contributed by atoms with E-state index >= 15 is 0 Å². The van der Waals surface area contributed by atoms with Crippen LogP contribution in [0.5, 0.6) is 0 Å². The van der Waals surface area contributed by atoms with Gasteiger partial charge in [0.05, 0.1) is 0 Å². The number of aromatic nitrogens is 2. The summed E-state index contributed by atoms with van der Waals surface area (Å²) in [5.74, 6) is 0.812. The van der Waals surface area contributed by atoms with Crippen LogP contribution in [-0.4, -0.2) is 51.8 Å². The van der Waals surface area contributed by atoms with Crippen molar-refractivity contribution < 1.29 is 18.0 Å². The zero-order valence-corrected chi connectivity index (χ0v) is 33.2. The molecule has 2 rings (SSSR count). The van der Waals surface area contributed by atoms with E-state index in [9.17, 15) is 18.0 Å². The summed E-state index contributed by atoms with van der Waals surface area (Å²) in [4.78, 5) is 26.9. The normalized spacial score (nSPS) is 16.9. The zero-order chi connectivity index (χ0) is 38.1. The molecule has 2 unspecified atom stereocenters. The molecule has 2 heterocycles. The summed E-state index contributed by atoms with van der Waals surface area (Å²) in [5, 5.41) is 6.22. The fraction of sp³-hybridized carbons (Fsp3) is 0.795. The Morgan fingerprint density at radius 1 is 1.00 bits per heavy atom. The number of rotatable bonds is 20. The molecule has 50 heavy (non-hydrogen) atoms. The molecule has 1 aromatic rings. The first kappa shape index (κ1) is 47.1. The van der Waals surface area contributed by atoms with Crippen LogP contribution in [0.25, 0.3) is 0 Å². The topological polar surface area (TPSA) is 109 Å². The van der Waals surface area contributed by atoms with Crippen molar-refractivity contribution in [1.29, 1.82) is 0 Å². The molecular formula is C39H72F3N7O. The summed E-state index contributed by atoms with van der Waals surface area (Å²) < 4.78 is 41.1. The maximum absolute atomic E-state index is 13.7. The van der Waals surface area contributed by atoms with Crippen LogP contribution in [0.3, 0.4) is 0 Å². The number of alkyl halides is 3.